The highest BCUT2D eigenvalue weighted by atomic mass is 127. The summed E-state index contributed by atoms with van der Waals surface area (Å²) in [5.41, 5.74) is 6.92. The molecule has 1 aliphatic heterocycles. The van der Waals surface area contributed by atoms with Crippen LogP contribution in [0, 0.1) is 0 Å². The Balaban J connectivity index is 0.00000288. The first-order valence-electron chi connectivity index (χ1n) is 7.88. The Labute approximate surface area is 161 Å². The molecule has 3 N–H and O–H groups in total. The van der Waals surface area contributed by atoms with Crippen LogP contribution in [0.15, 0.2) is 23.2 Å². The third kappa shape index (κ3) is 5.70. The highest BCUT2D eigenvalue weighted by molar-refractivity contribution is 14.0. The Hall–Kier alpha value is -1.22. The predicted octanol–water partition coefficient (Wildman–Crippen LogP) is 2.29. The van der Waals surface area contributed by atoms with Gasteiger partial charge in [-0.3, -0.25) is 4.99 Å². The van der Waals surface area contributed by atoms with Crippen LogP contribution in [0.4, 0.5) is 0 Å². The minimum absolute atomic E-state index is 0. The maximum atomic E-state index is 5.94. The molecule has 0 saturated carbocycles. The SMILES string of the molecule is COCC(C)NC(N)=NCC(C)(C)c1ccc2c(c1)OCCO2.I. The van der Waals surface area contributed by atoms with E-state index in [4.69, 9.17) is 19.9 Å². The van der Waals surface area contributed by atoms with E-state index < -0.39 is 0 Å². The summed E-state index contributed by atoms with van der Waals surface area (Å²) < 4.78 is 16.3. The van der Waals surface area contributed by atoms with Crippen molar-refractivity contribution in [2.75, 3.05) is 33.5 Å². The topological polar surface area (TPSA) is 78.1 Å². The molecule has 1 aromatic carbocycles. The van der Waals surface area contributed by atoms with Crippen molar-refractivity contribution >= 4 is 29.9 Å². The number of aliphatic imine (C=N–C) groups is 1. The van der Waals surface area contributed by atoms with Gasteiger partial charge in [-0.25, -0.2) is 0 Å². The van der Waals surface area contributed by atoms with Crippen molar-refractivity contribution in [3.05, 3.63) is 23.8 Å². The van der Waals surface area contributed by atoms with Gasteiger partial charge in [-0.1, -0.05) is 19.9 Å². The number of ether oxygens (including phenoxy) is 3. The zero-order chi connectivity index (χ0) is 16.9. The molecule has 0 aromatic heterocycles. The van der Waals surface area contributed by atoms with Crippen LogP contribution in [0.1, 0.15) is 26.3 Å². The fourth-order valence-electron chi connectivity index (χ4n) is 2.43. The van der Waals surface area contributed by atoms with Crippen LogP contribution in [0.25, 0.3) is 0 Å². The van der Waals surface area contributed by atoms with Crippen molar-refractivity contribution in [1.82, 2.24) is 5.32 Å². The lowest BCUT2D eigenvalue weighted by molar-refractivity contribution is 0.171. The number of hydrogen-bond donors (Lipinski definition) is 2. The number of nitrogens with zero attached hydrogens (tertiary/aromatic N) is 1. The van der Waals surface area contributed by atoms with Crippen molar-refractivity contribution in [3.63, 3.8) is 0 Å². The van der Waals surface area contributed by atoms with Gasteiger partial charge in [0, 0.05) is 18.6 Å². The van der Waals surface area contributed by atoms with Crippen molar-refractivity contribution < 1.29 is 14.2 Å². The number of methoxy groups -OCH3 is 1. The van der Waals surface area contributed by atoms with Gasteiger partial charge in [-0.05, 0) is 24.6 Å². The molecule has 0 spiro atoms. The molecule has 1 aliphatic rings. The Kier molecular flexibility index (Phi) is 8.08. The first-order valence-corrected chi connectivity index (χ1v) is 7.88. The second-order valence-electron chi connectivity index (χ2n) is 6.44. The first-order chi connectivity index (χ1) is 10.9. The molecule has 0 bridgehead atoms. The van der Waals surface area contributed by atoms with Crippen LogP contribution >= 0.6 is 24.0 Å². The number of fused-ring (bicyclic) bond motifs is 1. The van der Waals surface area contributed by atoms with Gasteiger partial charge in [0.1, 0.15) is 13.2 Å². The Morgan fingerprint density at radius 1 is 1.33 bits per heavy atom. The van der Waals surface area contributed by atoms with E-state index in [0.717, 1.165) is 17.1 Å². The summed E-state index contributed by atoms with van der Waals surface area (Å²) in [6.07, 6.45) is 0. The average molecular weight is 449 g/mol. The van der Waals surface area contributed by atoms with Crippen molar-refractivity contribution in [2.24, 2.45) is 10.7 Å². The highest BCUT2D eigenvalue weighted by Crippen LogP contribution is 2.35. The molecule has 1 atom stereocenters. The summed E-state index contributed by atoms with van der Waals surface area (Å²) in [7, 11) is 1.66. The number of hydrogen-bond acceptors (Lipinski definition) is 4. The molecule has 1 aromatic rings. The van der Waals surface area contributed by atoms with E-state index in [1.54, 1.807) is 7.11 Å². The Bertz CT molecular complexity index is 564. The Morgan fingerprint density at radius 3 is 2.67 bits per heavy atom. The smallest absolute Gasteiger partial charge is 0.188 e. The summed E-state index contributed by atoms with van der Waals surface area (Å²) in [6, 6.07) is 6.17. The molecule has 0 fully saturated rings. The quantitative estimate of drug-likeness (QED) is 0.396. The molecule has 7 heteroatoms. The minimum Gasteiger partial charge on any atom is -0.486 e. The van der Waals surface area contributed by atoms with Gasteiger partial charge in [0.15, 0.2) is 17.5 Å². The minimum atomic E-state index is -0.160. The number of nitrogens with one attached hydrogen (secondary N) is 1. The monoisotopic (exact) mass is 449 g/mol. The lowest BCUT2D eigenvalue weighted by Crippen LogP contribution is -2.41. The van der Waals surface area contributed by atoms with Gasteiger partial charge in [0.05, 0.1) is 13.2 Å². The van der Waals surface area contributed by atoms with Crippen LogP contribution in [-0.4, -0.2) is 45.5 Å². The second-order valence-corrected chi connectivity index (χ2v) is 6.44. The van der Waals surface area contributed by atoms with Gasteiger partial charge >= 0.3 is 0 Å². The van der Waals surface area contributed by atoms with Gasteiger partial charge < -0.3 is 25.3 Å². The Morgan fingerprint density at radius 2 is 2.00 bits per heavy atom. The maximum absolute atomic E-state index is 5.94. The van der Waals surface area contributed by atoms with Crippen molar-refractivity contribution in [3.8, 4) is 11.5 Å². The molecule has 0 aliphatic carbocycles. The third-order valence-electron chi connectivity index (χ3n) is 3.78. The summed E-state index contributed by atoms with van der Waals surface area (Å²) in [5.74, 6) is 2.03. The number of guanidine groups is 1. The van der Waals surface area contributed by atoms with E-state index in [1.807, 2.05) is 19.1 Å². The zero-order valence-corrected chi connectivity index (χ0v) is 17.1. The van der Waals surface area contributed by atoms with Gasteiger partial charge in [-0.2, -0.15) is 0 Å². The van der Waals surface area contributed by atoms with Crippen LogP contribution in [0.3, 0.4) is 0 Å². The van der Waals surface area contributed by atoms with Crippen LogP contribution in [-0.2, 0) is 10.2 Å². The first kappa shape index (κ1) is 20.8. The predicted molar refractivity (Wildman–Crippen MR) is 107 cm³/mol. The molecule has 1 unspecified atom stereocenters. The lowest BCUT2D eigenvalue weighted by Gasteiger charge is -2.26. The van der Waals surface area contributed by atoms with Gasteiger partial charge in [0.2, 0.25) is 0 Å². The van der Waals surface area contributed by atoms with E-state index in [2.05, 4.69) is 30.2 Å². The van der Waals surface area contributed by atoms with Gasteiger partial charge in [0.25, 0.3) is 0 Å². The highest BCUT2D eigenvalue weighted by Gasteiger charge is 2.23. The maximum Gasteiger partial charge on any atom is 0.188 e. The van der Waals surface area contributed by atoms with Crippen molar-refractivity contribution in [2.45, 2.75) is 32.2 Å². The summed E-state index contributed by atoms with van der Waals surface area (Å²) in [5, 5.41) is 3.11. The second kappa shape index (κ2) is 9.31. The molecule has 0 saturated heterocycles. The zero-order valence-electron chi connectivity index (χ0n) is 14.8. The number of rotatable bonds is 6. The third-order valence-corrected chi connectivity index (χ3v) is 3.78. The van der Waals surface area contributed by atoms with E-state index in [9.17, 15) is 0 Å². The number of halogens is 1. The van der Waals surface area contributed by atoms with E-state index >= 15 is 0 Å². The fourth-order valence-corrected chi connectivity index (χ4v) is 2.43. The number of benzene rings is 1. The molecular weight excluding hydrogens is 421 g/mol. The number of nitrogens with two attached hydrogens (primary N) is 1. The molecule has 0 amide bonds. The van der Waals surface area contributed by atoms with E-state index in [1.165, 1.54) is 0 Å². The van der Waals surface area contributed by atoms with Crippen molar-refractivity contribution in [1.29, 1.82) is 0 Å². The molecular formula is C17H28IN3O3. The van der Waals surface area contributed by atoms with Crippen LogP contribution in [0.5, 0.6) is 11.5 Å². The van der Waals surface area contributed by atoms with E-state index in [0.29, 0.717) is 32.3 Å². The van der Waals surface area contributed by atoms with E-state index in [-0.39, 0.29) is 35.4 Å². The van der Waals surface area contributed by atoms with Gasteiger partial charge in [-0.15, -0.1) is 24.0 Å². The standard InChI is InChI=1S/C17H27N3O3.HI/c1-12(10-21-4)20-16(18)19-11-17(2,3)13-5-6-14-15(9-13)23-8-7-22-14;/h5-6,9,12H,7-8,10-11H2,1-4H3,(H3,18,19,20);1H. The molecule has 6 nitrogen and oxygen atoms in total. The summed E-state index contributed by atoms with van der Waals surface area (Å²) >= 11 is 0. The van der Waals surface area contributed by atoms with Crippen LogP contribution < -0.4 is 20.5 Å². The average Bonchev–Trinajstić information content (AvgIpc) is 2.53. The summed E-state index contributed by atoms with van der Waals surface area (Å²) in [6.45, 7) is 8.61. The molecule has 24 heavy (non-hydrogen) atoms. The molecule has 2 rings (SSSR count). The molecule has 136 valence electrons. The van der Waals surface area contributed by atoms with Crippen LogP contribution in [0.2, 0.25) is 0 Å². The largest absolute Gasteiger partial charge is 0.486 e. The summed E-state index contributed by atoms with van der Waals surface area (Å²) in [4.78, 5) is 4.46. The molecule has 0 radical (unpaired) electrons. The lowest BCUT2D eigenvalue weighted by atomic mass is 9.84. The fraction of sp³-hybridized carbons (Fsp3) is 0.588. The normalized spacial score (nSPS) is 15.4. The molecule has 1 heterocycles.